The SMILES string of the molecule is Cc1c(C(=O)NC2(C)CCCC2)cnn1[C@@H]1CCS(=O)(=O)C1. The Morgan fingerprint density at radius 3 is 2.68 bits per heavy atom. The summed E-state index contributed by atoms with van der Waals surface area (Å²) in [7, 11) is -2.96. The summed E-state index contributed by atoms with van der Waals surface area (Å²) >= 11 is 0. The molecule has 0 spiro atoms. The molecule has 2 fully saturated rings. The van der Waals surface area contributed by atoms with Gasteiger partial charge in [0.05, 0.1) is 29.3 Å². The number of rotatable bonds is 3. The number of hydrogen-bond donors (Lipinski definition) is 1. The number of carbonyl (C=O) groups excluding carboxylic acids is 1. The van der Waals surface area contributed by atoms with Crippen LogP contribution in [-0.4, -0.2) is 41.2 Å². The van der Waals surface area contributed by atoms with E-state index < -0.39 is 9.84 Å². The summed E-state index contributed by atoms with van der Waals surface area (Å²) in [6.45, 7) is 3.92. The van der Waals surface area contributed by atoms with Crippen molar-refractivity contribution < 1.29 is 13.2 Å². The van der Waals surface area contributed by atoms with Crippen molar-refractivity contribution in [3.05, 3.63) is 17.5 Å². The molecule has 1 aliphatic carbocycles. The van der Waals surface area contributed by atoms with Crippen LogP contribution >= 0.6 is 0 Å². The quantitative estimate of drug-likeness (QED) is 0.915. The maximum Gasteiger partial charge on any atom is 0.255 e. The number of nitrogens with one attached hydrogen (secondary N) is 1. The Morgan fingerprint density at radius 2 is 2.09 bits per heavy atom. The maximum absolute atomic E-state index is 12.5. The summed E-state index contributed by atoms with van der Waals surface area (Å²) in [6.07, 6.45) is 6.45. The molecule has 0 aromatic carbocycles. The summed E-state index contributed by atoms with van der Waals surface area (Å²) < 4.78 is 24.9. The molecule has 1 aromatic heterocycles. The number of aromatic nitrogens is 2. The summed E-state index contributed by atoms with van der Waals surface area (Å²) in [4.78, 5) is 12.5. The van der Waals surface area contributed by atoms with Gasteiger partial charge in [-0.2, -0.15) is 5.10 Å². The second-order valence-electron chi connectivity index (χ2n) is 6.87. The largest absolute Gasteiger partial charge is 0.347 e. The van der Waals surface area contributed by atoms with E-state index in [1.807, 2.05) is 6.92 Å². The van der Waals surface area contributed by atoms with Gasteiger partial charge in [-0.25, -0.2) is 8.42 Å². The van der Waals surface area contributed by atoms with E-state index in [0.29, 0.717) is 12.0 Å². The minimum Gasteiger partial charge on any atom is -0.347 e. The molecule has 3 rings (SSSR count). The van der Waals surface area contributed by atoms with Gasteiger partial charge >= 0.3 is 0 Å². The first-order valence-corrected chi connectivity index (χ1v) is 9.69. The molecule has 22 heavy (non-hydrogen) atoms. The van der Waals surface area contributed by atoms with Crippen LogP contribution in [0.5, 0.6) is 0 Å². The lowest BCUT2D eigenvalue weighted by atomic mass is 10.00. The van der Waals surface area contributed by atoms with E-state index in [1.54, 1.807) is 10.9 Å². The van der Waals surface area contributed by atoms with Crippen molar-refractivity contribution >= 4 is 15.7 Å². The number of amides is 1. The van der Waals surface area contributed by atoms with Crippen LogP contribution in [0.25, 0.3) is 0 Å². The smallest absolute Gasteiger partial charge is 0.255 e. The first-order valence-electron chi connectivity index (χ1n) is 7.87. The van der Waals surface area contributed by atoms with Gasteiger partial charge in [-0.05, 0) is 33.1 Å². The summed E-state index contributed by atoms with van der Waals surface area (Å²) in [6, 6.07) is -0.145. The molecule has 0 radical (unpaired) electrons. The lowest BCUT2D eigenvalue weighted by molar-refractivity contribution is 0.0907. The number of hydrogen-bond acceptors (Lipinski definition) is 4. The standard InChI is InChI=1S/C15H23N3O3S/c1-11-13(14(19)17-15(2)6-3-4-7-15)9-16-18(11)12-5-8-22(20,21)10-12/h9,12H,3-8,10H2,1-2H3,(H,17,19)/t12-/m1/s1. The number of sulfone groups is 1. The predicted molar refractivity (Wildman–Crippen MR) is 83.6 cm³/mol. The average Bonchev–Trinajstić information content (AvgIpc) is 3.09. The van der Waals surface area contributed by atoms with Crippen LogP contribution < -0.4 is 5.32 Å². The minimum atomic E-state index is -2.96. The first-order chi connectivity index (χ1) is 10.3. The van der Waals surface area contributed by atoms with Crippen LogP contribution in [0.1, 0.15) is 61.1 Å². The highest BCUT2D eigenvalue weighted by Gasteiger charge is 2.33. The van der Waals surface area contributed by atoms with Crippen molar-refractivity contribution in [1.29, 1.82) is 0 Å². The summed E-state index contributed by atoms with van der Waals surface area (Å²) in [5.74, 6) is 0.221. The van der Waals surface area contributed by atoms with Crippen LogP contribution in [0.2, 0.25) is 0 Å². The van der Waals surface area contributed by atoms with E-state index in [1.165, 1.54) is 0 Å². The van der Waals surface area contributed by atoms with Gasteiger partial charge in [0.15, 0.2) is 9.84 Å². The molecule has 0 bridgehead atoms. The molecule has 1 N–H and O–H groups in total. The molecule has 7 heteroatoms. The third-order valence-corrected chi connectivity index (χ3v) is 6.72. The van der Waals surface area contributed by atoms with Crippen molar-refractivity contribution in [3.8, 4) is 0 Å². The van der Waals surface area contributed by atoms with Crippen LogP contribution in [0, 0.1) is 6.92 Å². The van der Waals surface area contributed by atoms with Crippen molar-refractivity contribution in [2.24, 2.45) is 0 Å². The van der Waals surface area contributed by atoms with E-state index in [-0.39, 0.29) is 29.0 Å². The van der Waals surface area contributed by atoms with E-state index in [2.05, 4.69) is 17.3 Å². The van der Waals surface area contributed by atoms with Gasteiger partial charge in [-0.15, -0.1) is 0 Å². The third-order valence-electron chi connectivity index (χ3n) is 4.97. The predicted octanol–water partition coefficient (Wildman–Crippen LogP) is 1.61. The van der Waals surface area contributed by atoms with Gasteiger partial charge in [0.25, 0.3) is 5.91 Å². The zero-order valence-corrected chi connectivity index (χ0v) is 13.9. The van der Waals surface area contributed by atoms with E-state index in [4.69, 9.17) is 0 Å². The van der Waals surface area contributed by atoms with Crippen molar-refractivity contribution in [2.75, 3.05) is 11.5 Å². The van der Waals surface area contributed by atoms with Gasteiger partial charge < -0.3 is 5.32 Å². The number of carbonyl (C=O) groups is 1. The summed E-state index contributed by atoms with van der Waals surface area (Å²) in [5, 5.41) is 7.40. The molecule has 6 nitrogen and oxygen atoms in total. The van der Waals surface area contributed by atoms with Crippen LogP contribution in [0.4, 0.5) is 0 Å². The Bertz CT molecular complexity index is 687. The summed E-state index contributed by atoms with van der Waals surface area (Å²) in [5.41, 5.74) is 1.18. The molecule has 122 valence electrons. The maximum atomic E-state index is 12.5. The van der Waals surface area contributed by atoms with Crippen molar-refractivity contribution in [1.82, 2.24) is 15.1 Å². The zero-order valence-electron chi connectivity index (χ0n) is 13.1. The first kappa shape index (κ1) is 15.5. The Kier molecular flexibility index (Phi) is 3.79. The monoisotopic (exact) mass is 325 g/mol. The number of nitrogens with zero attached hydrogens (tertiary/aromatic N) is 2. The highest BCUT2D eigenvalue weighted by Crippen LogP contribution is 2.30. The lowest BCUT2D eigenvalue weighted by Crippen LogP contribution is -2.43. The Morgan fingerprint density at radius 1 is 1.41 bits per heavy atom. The Balaban J connectivity index is 1.77. The Hall–Kier alpha value is -1.37. The zero-order chi connectivity index (χ0) is 16.0. The van der Waals surface area contributed by atoms with E-state index in [0.717, 1.165) is 31.4 Å². The van der Waals surface area contributed by atoms with Gasteiger partial charge in [0.2, 0.25) is 0 Å². The van der Waals surface area contributed by atoms with Crippen molar-refractivity contribution in [3.63, 3.8) is 0 Å². The van der Waals surface area contributed by atoms with Crippen LogP contribution in [0.15, 0.2) is 6.20 Å². The topological polar surface area (TPSA) is 81.1 Å². The fraction of sp³-hybridized carbons (Fsp3) is 0.733. The van der Waals surface area contributed by atoms with Gasteiger partial charge in [0.1, 0.15) is 0 Å². The Labute approximate surface area is 131 Å². The molecule has 1 aliphatic heterocycles. The average molecular weight is 325 g/mol. The second-order valence-corrected chi connectivity index (χ2v) is 9.10. The molecule has 0 unspecified atom stereocenters. The molecule has 1 amide bonds. The van der Waals surface area contributed by atoms with Crippen LogP contribution in [0.3, 0.4) is 0 Å². The fourth-order valence-electron chi connectivity index (χ4n) is 3.60. The molecule has 1 saturated carbocycles. The minimum absolute atomic E-state index is 0.103. The van der Waals surface area contributed by atoms with E-state index >= 15 is 0 Å². The van der Waals surface area contributed by atoms with E-state index in [9.17, 15) is 13.2 Å². The van der Waals surface area contributed by atoms with Crippen molar-refractivity contribution in [2.45, 2.75) is 57.5 Å². The van der Waals surface area contributed by atoms with Gasteiger partial charge in [-0.3, -0.25) is 9.48 Å². The third kappa shape index (κ3) is 2.91. The van der Waals surface area contributed by atoms with Crippen LogP contribution in [-0.2, 0) is 9.84 Å². The molecule has 1 saturated heterocycles. The highest BCUT2D eigenvalue weighted by molar-refractivity contribution is 7.91. The molecule has 2 aliphatic rings. The second kappa shape index (κ2) is 5.37. The molecular formula is C15H23N3O3S. The van der Waals surface area contributed by atoms with Gasteiger partial charge in [0, 0.05) is 11.2 Å². The van der Waals surface area contributed by atoms with Gasteiger partial charge in [-0.1, -0.05) is 12.8 Å². The lowest BCUT2D eigenvalue weighted by Gasteiger charge is -2.25. The molecule has 2 heterocycles. The fourth-order valence-corrected chi connectivity index (χ4v) is 5.30. The molecule has 1 atom stereocenters. The molecular weight excluding hydrogens is 302 g/mol. The highest BCUT2D eigenvalue weighted by atomic mass is 32.2. The normalized spacial score (nSPS) is 26.2. The molecule has 1 aromatic rings.